The van der Waals surface area contributed by atoms with Gasteiger partial charge in [-0.3, -0.25) is 14.5 Å². The molecule has 4 rings (SSSR count). The molecule has 2 heterocycles. The van der Waals surface area contributed by atoms with Crippen molar-refractivity contribution < 1.29 is 19.1 Å². The van der Waals surface area contributed by atoms with Gasteiger partial charge in [-0.05, 0) is 55.5 Å². The van der Waals surface area contributed by atoms with E-state index >= 15 is 0 Å². The van der Waals surface area contributed by atoms with Crippen LogP contribution in [-0.4, -0.2) is 49.6 Å². The van der Waals surface area contributed by atoms with Crippen LogP contribution in [0.2, 0.25) is 0 Å². The Labute approximate surface area is 189 Å². The average molecular weight is 435 g/mol. The third kappa shape index (κ3) is 4.28. The maximum Gasteiger partial charge on any atom is 0.278 e. The minimum Gasteiger partial charge on any atom is -0.494 e. The Morgan fingerprint density at radius 2 is 1.72 bits per heavy atom. The first-order chi connectivity index (χ1) is 15.7. The van der Waals surface area contributed by atoms with Crippen LogP contribution in [0.25, 0.3) is 5.57 Å². The van der Waals surface area contributed by atoms with Crippen molar-refractivity contribution in [1.29, 1.82) is 0 Å². The number of nitrogens with zero attached hydrogens (tertiary/aromatic N) is 2. The van der Waals surface area contributed by atoms with Crippen LogP contribution in [0.3, 0.4) is 0 Å². The summed E-state index contributed by atoms with van der Waals surface area (Å²) in [6, 6.07) is 15.5. The molecule has 0 atom stereocenters. The Morgan fingerprint density at radius 3 is 2.47 bits per heavy atom. The molecule has 0 unspecified atom stereocenters. The van der Waals surface area contributed by atoms with Gasteiger partial charge in [-0.15, -0.1) is 0 Å². The van der Waals surface area contributed by atoms with Crippen molar-refractivity contribution in [2.75, 3.05) is 37.8 Å². The quantitative estimate of drug-likeness (QED) is 0.417. The maximum atomic E-state index is 13.5. The van der Waals surface area contributed by atoms with Crippen LogP contribution < -0.4 is 9.64 Å². The van der Waals surface area contributed by atoms with E-state index in [0.29, 0.717) is 50.6 Å². The number of benzene rings is 2. The summed E-state index contributed by atoms with van der Waals surface area (Å²) < 4.78 is 11.1. The van der Waals surface area contributed by atoms with Crippen molar-refractivity contribution in [2.45, 2.75) is 33.1 Å². The number of carbonyl (C=O) groups excluding carboxylic acids is 2. The van der Waals surface area contributed by atoms with Crippen molar-refractivity contribution >= 4 is 23.1 Å². The largest absolute Gasteiger partial charge is 0.494 e. The van der Waals surface area contributed by atoms with Gasteiger partial charge in [0, 0.05) is 32.0 Å². The molecule has 0 bridgehead atoms. The number of anilines is 1. The zero-order chi connectivity index (χ0) is 22.5. The zero-order valence-corrected chi connectivity index (χ0v) is 18.8. The van der Waals surface area contributed by atoms with Gasteiger partial charge in [-0.2, -0.15) is 0 Å². The van der Waals surface area contributed by atoms with Crippen LogP contribution in [0.5, 0.6) is 5.75 Å². The third-order valence-electron chi connectivity index (χ3n) is 5.79. The minimum atomic E-state index is -0.242. The number of hydrogen-bond acceptors (Lipinski definition) is 5. The summed E-state index contributed by atoms with van der Waals surface area (Å²) in [5.74, 6) is 0.284. The van der Waals surface area contributed by atoms with Gasteiger partial charge >= 0.3 is 0 Å². The van der Waals surface area contributed by atoms with Gasteiger partial charge in [0.25, 0.3) is 11.8 Å². The topological polar surface area (TPSA) is 59.1 Å². The van der Waals surface area contributed by atoms with Gasteiger partial charge in [0.15, 0.2) is 0 Å². The lowest BCUT2D eigenvalue weighted by Gasteiger charge is -2.21. The molecule has 0 spiro atoms. The number of carbonyl (C=O) groups is 2. The van der Waals surface area contributed by atoms with Gasteiger partial charge in [0.05, 0.1) is 12.2 Å². The molecule has 0 saturated heterocycles. The molecule has 0 saturated carbocycles. The van der Waals surface area contributed by atoms with Crippen LogP contribution in [0.4, 0.5) is 5.69 Å². The van der Waals surface area contributed by atoms with E-state index in [1.807, 2.05) is 54.3 Å². The number of fused-ring (bicyclic) bond motifs is 1. The number of amides is 2. The van der Waals surface area contributed by atoms with Gasteiger partial charge in [0.1, 0.15) is 11.4 Å². The van der Waals surface area contributed by atoms with Gasteiger partial charge in [-0.1, -0.05) is 37.3 Å². The lowest BCUT2D eigenvalue weighted by Crippen LogP contribution is -2.36. The second kappa shape index (κ2) is 10.0. The van der Waals surface area contributed by atoms with Gasteiger partial charge in [0.2, 0.25) is 0 Å². The van der Waals surface area contributed by atoms with E-state index in [1.54, 1.807) is 0 Å². The fourth-order valence-electron chi connectivity index (χ4n) is 4.25. The normalized spacial score (nSPS) is 15.7. The van der Waals surface area contributed by atoms with E-state index in [2.05, 4.69) is 13.0 Å². The average Bonchev–Trinajstić information content (AvgIpc) is 3.34. The molecule has 2 aromatic carbocycles. The lowest BCUT2D eigenvalue weighted by atomic mass is 10.0. The molecule has 0 aliphatic carbocycles. The standard InChI is InChI=1S/C26H30N2O4/c1-3-17-32-21-12-10-20(11-13-21)23-24(27-16-14-19-8-5-6-9-22(19)27)26(30)28(25(23)29)15-7-18-31-4-2/h5-6,8-13H,3-4,7,14-18H2,1-2H3. The first-order valence-electron chi connectivity index (χ1n) is 11.4. The molecule has 0 N–H and O–H groups in total. The number of rotatable bonds is 10. The summed E-state index contributed by atoms with van der Waals surface area (Å²) in [4.78, 5) is 30.3. The minimum absolute atomic E-state index is 0.232. The number of para-hydroxylation sites is 1. The Bertz CT molecular complexity index is 1010. The fourth-order valence-corrected chi connectivity index (χ4v) is 4.25. The summed E-state index contributed by atoms with van der Waals surface area (Å²) in [5.41, 5.74) is 3.86. The number of imide groups is 1. The molecular weight excluding hydrogens is 404 g/mol. The van der Waals surface area contributed by atoms with Crippen molar-refractivity contribution in [2.24, 2.45) is 0 Å². The predicted molar refractivity (Wildman–Crippen MR) is 124 cm³/mol. The number of ether oxygens (including phenoxy) is 2. The maximum absolute atomic E-state index is 13.5. The Hall–Kier alpha value is -3.12. The molecule has 2 aromatic rings. The molecule has 0 fully saturated rings. The smallest absolute Gasteiger partial charge is 0.278 e. The van der Waals surface area contributed by atoms with E-state index in [0.717, 1.165) is 29.8 Å². The van der Waals surface area contributed by atoms with E-state index in [4.69, 9.17) is 9.47 Å². The van der Waals surface area contributed by atoms with Crippen LogP contribution in [0, 0.1) is 0 Å². The molecule has 6 heteroatoms. The fraction of sp³-hybridized carbons (Fsp3) is 0.385. The van der Waals surface area contributed by atoms with Crippen LogP contribution in [-0.2, 0) is 20.7 Å². The first-order valence-corrected chi connectivity index (χ1v) is 11.4. The molecule has 2 aliphatic heterocycles. The van der Waals surface area contributed by atoms with Gasteiger partial charge < -0.3 is 14.4 Å². The summed E-state index contributed by atoms with van der Waals surface area (Å²) >= 11 is 0. The lowest BCUT2D eigenvalue weighted by molar-refractivity contribution is -0.137. The highest BCUT2D eigenvalue weighted by Crippen LogP contribution is 2.38. The summed E-state index contributed by atoms with van der Waals surface area (Å²) in [6.07, 6.45) is 2.39. The summed E-state index contributed by atoms with van der Waals surface area (Å²) in [7, 11) is 0. The molecule has 32 heavy (non-hydrogen) atoms. The number of hydrogen-bond donors (Lipinski definition) is 0. The highest BCUT2D eigenvalue weighted by Gasteiger charge is 2.42. The summed E-state index contributed by atoms with van der Waals surface area (Å²) in [5, 5.41) is 0. The van der Waals surface area contributed by atoms with E-state index < -0.39 is 0 Å². The molecule has 6 nitrogen and oxygen atoms in total. The van der Waals surface area contributed by atoms with Gasteiger partial charge in [-0.25, -0.2) is 0 Å². The molecule has 0 aromatic heterocycles. The SMILES string of the molecule is CCCOc1ccc(C2=C(N3CCc4ccccc43)C(=O)N(CCCOCC)C2=O)cc1. The Kier molecular flexibility index (Phi) is 6.90. The molecule has 2 aliphatic rings. The van der Waals surface area contributed by atoms with Crippen molar-refractivity contribution in [3.63, 3.8) is 0 Å². The second-order valence-corrected chi connectivity index (χ2v) is 7.94. The monoisotopic (exact) mass is 434 g/mol. The highest BCUT2D eigenvalue weighted by atomic mass is 16.5. The van der Waals surface area contributed by atoms with Crippen molar-refractivity contribution in [3.8, 4) is 5.75 Å². The van der Waals surface area contributed by atoms with E-state index in [9.17, 15) is 9.59 Å². The second-order valence-electron chi connectivity index (χ2n) is 7.94. The molecule has 2 amide bonds. The Balaban J connectivity index is 1.69. The van der Waals surface area contributed by atoms with Crippen LogP contribution in [0.1, 0.15) is 37.8 Å². The first kappa shape index (κ1) is 22.1. The van der Waals surface area contributed by atoms with Crippen molar-refractivity contribution in [1.82, 2.24) is 4.90 Å². The van der Waals surface area contributed by atoms with E-state index in [1.165, 1.54) is 10.5 Å². The Morgan fingerprint density at radius 1 is 0.938 bits per heavy atom. The molecule has 168 valence electrons. The van der Waals surface area contributed by atoms with Crippen LogP contribution >= 0.6 is 0 Å². The zero-order valence-electron chi connectivity index (χ0n) is 18.8. The highest BCUT2D eigenvalue weighted by molar-refractivity contribution is 6.36. The van der Waals surface area contributed by atoms with Crippen molar-refractivity contribution in [3.05, 3.63) is 65.4 Å². The van der Waals surface area contributed by atoms with Crippen LogP contribution in [0.15, 0.2) is 54.2 Å². The third-order valence-corrected chi connectivity index (χ3v) is 5.79. The molecular formula is C26H30N2O4. The molecule has 0 radical (unpaired) electrons. The van der Waals surface area contributed by atoms with E-state index in [-0.39, 0.29) is 11.8 Å². The predicted octanol–water partition coefficient (Wildman–Crippen LogP) is 4.04. The summed E-state index contributed by atoms with van der Waals surface area (Å²) in [6.45, 7) is 6.80.